The first-order valence-corrected chi connectivity index (χ1v) is 3.66. The maximum Gasteiger partial charge on any atom is 0.235 e. The van der Waals surface area contributed by atoms with Gasteiger partial charge in [-0.1, -0.05) is 24.3 Å². The number of rotatable bonds is 1. The van der Waals surface area contributed by atoms with Gasteiger partial charge in [-0.05, 0) is 6.92 Å². The molecule has 0 amide bonds. The van der Waals surface area contributed by atoms with E-state index in [1.54, 1.807) is 19.1 Å². The Bertz CT molecular complexity index is 249. The SMILES string of the molecule is CC1(Cl)C=CC=CC1N=C=O. The number of allylic oxidation sites excluding steroid dienone is 2. The Morgan fingerprint density at radius 3 is 2.91 bits per heavy atom. The highest BCUT2D eigenvalue weighted by molar-refractivity contribution is 6.25. The first kappa shape index (κ1) is 8.25. The van der Waals surface area contributed by atoms with Crippen LogP contribution in [0.15, 0.2) is 29.3 Å². The zero-order valence-corrected chi connectivity index (χ0v) is 6.88. The highest BCUT2D eigenvalue weighted by Crippen LogP contribution is 2.27. The molecule has 0 aromatic carbocycles. The normalized spacial score (nSPS) is 34.9. The second kappa shape index (κ2) is 3.04. The Labute approximate surface area is 70.3 Å². The van der Waals surface area contributed by atoms with Crippen LogP contribution in [0.25, 0.3) is 0 Å². The van der Waals surface area contributed by atoms with Crippen LogP contribution in [0.5, 0.6) is 0 Å². The molecule has 2 unspecified atom stereocenters. The molecule has 58 valence electrons. The van der Waals surface area contributed by atoms with E-state index in [1.165, 1.54) is 6.08 Å². The molecule has 0 aliphatic heterocycles. The summed E-state index contributed by atoms with van der Waals surface area (Å²) in [6.07, 6.45) is 8.73. The minimum atomic E-state index is -0.577. The number of carbonyl (C=O) groups excluding carboxylic acids is 1. The molecule has 0 N–H and O–H groups in total. The van der Waals surface area contributed by atoms with Gasteiger partial charge in [0.25, 0.3) is 0 Å². The van der Waals surface area contributed by atoms with E-state index >= 15 is 0 Å². The van der Waals surface area contributed by atoms with E-state index in [2.05, 4.69) is 4.99 Å². The van der Waals surface area contributed by atoms with Gasteiger partial charge in [-0.25, -0.2) is 4.79 Å². The third kappa shape index (κ3) is 1.79. The Balaban J connectivity index is 2.88. The number of hydrogen-bond acceptors (Lipinski definition) is 2. The van der Waals surface area contributed by atoms with Gasteiger partial charge in [-0.2, -0.15) is 4.99 Å². The summed E-state index contributed by atoms with van der Waals surface area (Å²) in [5.41, 5.74) is 0. The van der Waals surface area contributed by atoms with Crippen molar-refractivity contribution in [2.45, 2.75) is 17.8 Å². The molecule has 3 heteroatoms. The van der Waals surface area contributed by atoms with Crippen LogP contribution in [-0.4, -0.2) is 17.0 Å². The standard InChI is InChI=1S/C8H8ClNO/c1-8(9)5-3-2-4-7(8)10-6-11/h2-5,7H,1H3. The summed E-state index contributed by atoms with van der Waals surface area (Å²) < 4.78 is 0. The van der Waals surface area contributed by atoms with E-state index < -0.39 is 4.87 Å². The maximum absolute atomic E-state index is 9.95. The van der Waals surface area contributed by atoms with Crippen LogP contribution in [0.2, 0.25) is 0 Å². The van der Waals surface area contributed by atoms with E-state index in [0.29, 0.717) is 0 Å². The van der Waals surface area contributed by atoms with Gasteiger partial charge in [0, 0.05) is 0 Å². The first-order chi connectivity index (χ1) is 5.17. The molecule has 0 radical (unpaired) electrons. The molecule has 0 fully saturated rings. The largest absolute Gasteiger partial charge is 0.235 e. The Morgan fingerprint density at radius 1 is 1.64 bits per heavy atom. The van der Waals surface area contributed by atoms with E-state index in [4.69, 9.17) is 11.6 Å². The quantitative estimate of drug-likeness (QED) is 0.335. The summed E-state index contributed by atoms with van der Waals surface area (Å²) in [4.78, 5) is 12.9. The molecule has 1 aliphatic rings. The lowest BCUT2D eigenvalue weighted by Crippen LogP contribution is -2.29. The molecule has 0 saturated heterocycles. The summed E-state index contributed by atoms with van der Waals surface area (Å²) >= 11 is 6.01. The maximum atomic E-state index is 9.95. The van der Waals surface area contributed by atoms with E-state index in [1.807, 2.05) is 12.2 Å². The number of halogens is 1. The van der Waals surface area contributed by atoms with Crippen molar-refractivity contribution in [3.05, 3.63) is 24.3 Å². The first-order valence-electron chi connectivity index (χ1n) is 3.29. The number of hydrogen-bond donors (Lipinski definition) is 0. The van der Waals surface area contributed by atoms with Gasteiger partial charge in [-0.15, -0.1) is 11.6 Å². The summed E-state index contributed by atoms with van der Waals surface area (Å²) in [5, 5.41) is 0. The Hall–Kier alpha value is -0.850. The lowest BCUT2D eigenvalue weighted by molar-refractivity contribution is 0.555. The third-order valence-corrected chi connectivity index (χ3v) is 1.95. The van der Waals surface area contributed by atoms with Crippen molar-refractivity contribution in [2.75, 3.05) is 0 Å². The Kier molecular flexibility index (Phi) is 2.28. The van der Waals surface area contributed by atoms with Crippen molar-refractivity contribution >= 4 is 17.7 Å². The van der Waals surface area contributed by atoms with Gasteiger partial charge in [-0.3, -0.25) is 0 Å². The molecule has 2 atom stereocenters. The van der Waals surface area contributed by atoms with Crippen LogP contribution in [0.1, 0.15) is 6.92 Å². The lowest BCUT2D eigenvalue weighted by Gasteiger charge is -2.23. The summed E-state index contributed by atoms with van der Waals surface area (Å²) in [7, 11) is 0. The fraction of sp³-hybridized carbons (Fsp3) is 0.375. The zero-order chi connectivity index (χ0) is 8.32. The van der Waals surface area contributed by atoms with Crippen LogP contribution >= 0.6 is 11.6 Å². The zero-order valence-electron chi connectivity index (χ0n) is 6.12. The molecular weight excluding hydrogens is 162 g/mol. The Morgan fingerprint density at radius 2 is 2.36 bits per heavy atom. The van der Waals surface area contributed by atoms with Crippen LogP contribution in [0, 0.1) is 0 Å². The van der Waals surface area contributed by atoms with Gasteiger partial charge in [0.15, 0.2) is 0 Å². The number of alkyl halides is 1. The fourth-order valence-electron chi connectivity index (χ4n) is 0.926. The number of nitrogens with zero attached hydrogens (tertiary/aromatic N) is 1. The van der Waals surface area contributed by atoms with Crippen molar-refractivity contribution in [1.29, 1.82) is 0 Å². The third-order valence-electron chi connectivity index (χ3n) is 1.60. The summed E-state index contributed by atoms with van der Waals surface area (Å²) in [6.45, 7) is 1.81. The second-order valence-corrected chi connectivity index (χ2v) is 3.37. The smallest absolute Gasteiger partial charge is 0.211 e. The van der Waals surface area contributed by atoms with Crippen LogP contribution in [0.3, 0.4) is 0 Å². The summed E-state index contributed by atoms with van der Waals surface area (Å²) in [5.74, 6) is 0. The minimum absolute atomic E-state index is 0.285. The van der Waals surface area contributed by atoms with Gasteiger partial charge in [0.1, 0.15) is 6.04 Å². The molecule has 0 aromatic rings. The van der Waals surface area contributed by atoms with E-state index in [-0.39, 0.29) is 6.04 Å². The molecule has 2 nitrogen and oxygen atoms in total. The average Bonchev–Trinajstić information content (AvgIpc) is 1.94. The molecule has 11 heavy (non-hydrogen) atoms. The van der Waals surface area contributed by atoms with Gasteiger partial charge >= 0.3 is 0 Å². The molecule has 0 heterocycles. The fourth-order valence-corrected chi connectivity index (χ4v) is 1.12. The molecule has 0 bridgehead atoms. The number of aliphatic imine (C=N–C) groups is 1. The van der Waals surface area contributed by atoms with Gasteiger partial charge in [0.2, 0.25) is 6.08 Å². The molecule has 0 aromatic heterocycles. The van der Waals surface area contributed by atoms with Gasteiger partial charge in [0.05, 0.1) is 4.87 Å². The molecule has 1 aliphatic carbocycles. The van der Waals surface area contributed by atoms with Crippen molar-refractivity contribution in [2.24, 2.45) is 4.99 Å². The van der Waals surface area contributed by atoms with Crippen molar-refractivity contribution in [3.63, 3.8) is 0 Å². The van der Waals surface area contributed by atoms with Crippen molar-refractivity contribution < 1.29 is 4.79 Å². The monoisotopic (exact) mass is 169 g/mol. The summed E-state index contributed by atoms with van der Waals surface area (Å²) in [6, 6.07) is -0.285. The van der Waals surface area contributed by atoms with Crippen LogP contribution in [0.4, 0.5) is 0 Å². The molecule has 0 spiro atoms. The highest BCUT2D eigenvalue weighted by Gasteiger charge is 2.28. The van der Waals surface area contributed by atoms with E-state index in [9.17, 15) is 4.79 Å². The van der Waals surface area contributed by atoms with E-state index in [0.717, 1.165) is 0 Å². The molecule has 0 saturated carbocycles. The van der Waals surface area contributed by atoms with Crippen molar-refractivity contribution in [3.8, 4) is 0 Å². The predicted octanol–water partition coefficient (Wildman–Crippen LogP) is 1.81. The molecular formula is C8H8ClNO. The molecule has 1 rings (SSSR count). The lowest BCUT2D eigenvalue weighted by atomic mass is 9.97. The highest BCUT2D eigenvalue weighted by atomic mass is 35.5. The second-order valence-electron chi connectivity index (χ2n) is 2.56. The van der Waals surface area contributed by atoms with Crippen LogP contribution < -0.4 is 0 Å². The predicted molar refractivity (Wildman–Crippen MR) is 44.4 cm³/mol. The van der Waals surface area contributed by atoms with Gasteiger partial charge < -0.3 is 0 Å². The average molecular weight is 170 g/mol. The van der Waals surface area contributed by atoms with Crippen molar-refractivity contribution in [1.82, 2.24) is 0 Å². The number of isocyanates is 1. The minimum Gasteiger partial charge on any atom is -0.211 e. The van der Waals surface area contributed by atoms with Crippen LogP contribution in [-0.2, 0) is 4.79 Å². The topological polar surface area (TPSA) is 29.4 Å².